The number of thioether (sulfide) groups is 1. The molecule has 0 aliphatic heterocycles. The van der Waals surface area contributed by atoms with Crippen molar-refractivity contribution in [2.24, 2.45) is 0 Å². The molecule has 0 atom stereocenters. The first kappa shape index (κ1) is 20.1. The summed E-state index contributed by atoms with van der Waals surface area (Å²) in [7, 11) is 0. The smallest absolute Gasteiger partial charge is 0.290 e. The Morgan fingerprint density at radius 1 is 1.03 bits per heavy atom. The highest BCUT2D eigenvalue weighted by atomic mass is 32.2. The number of imidazole rings is 1. The highest BCUT2D eigenvalue weighted by molar-refractivity contribution is 7.99. The average molecular weight is 445 g/mol. The van der Waals surface area contributed by atoms with Crippen LogP contribution in [0.1, 0.15) is 18.3 Å². The van der Waals surface area contributed by atoms with E-state index in [-0.39, 0.29) is 5.56 Å². The Kier molecular flexibility index (Phi) is 5.28. The number of aryl methyl sites for hydroxylation is 1. The second kappa shape index (κ2) is 8.39. The molecule has 9 nitrogen and oxygen atoms in total. The van der Waals surface area contributed by atoms with Crippen molar-refractivity contribution >= 4 is 22.8 Å². The predicted molar refractivity (Wildman–Crippen MR) is 123 cm³/mol. The van der Waals surface area contributed by atoms with Gasteiger partial charge in [-0.2, -0.15) is 10.3 Å². The fraction of sp³-hybridized carbons (Fsp3) is 0.182. The molecule has 2 N–H and O–H groups in total. The molecule has 0 fully saturated rings. The van der Waals surface area contributed by atoms with Crippen LogP contribution in [0.2, 0.25) is 0 Å². The monoisotopic (exact) mass is 444 g/mol. The number of benzene rings is 2. The molecule has 0 saturated carbocycles. The summed E-state index contributed by atoms with van der Waals surface area (Å²) in [5, 5.41) is 21.9. The van der Waals surface area contributed by atoms with E-state index in [1.165, 1.54) is 0 Å². The Balaban J connectivity index is 1.50. The van der Waals surface area contributed by atoms with Gasteiger partial charge < -0.3 is 4.57 Å². The fourth-order valence-electron chi connectivity index (χ4n) is 3.76. The zero-order valence-electron chi connectivity index (χ0n) is 17.5. The Bertz CT molecular complexity index is 1440. The maximum atomic E-state index is 12.5. The van der Waals surface area contributed by atoms with E-state index in [1.807, 2.05) is 42.7 Å². The van der Waals surface area contributed by atoms with Gasteiger partial charge in [0.15, 0.2) is 0 Å². The Hall–Kier alpha value is -3.79. The molecule has 0 amide bonds. The van der Waals surface area contributed by atoms with Crippen LogP contribution in [0.5, 0.6) is 0 Å². The summed E-state index contributed by atoms with van der Waals surface area (Å²) in [6.07, 6.45) is 0. The molecular weight excluding hydrogens is 424 g/mol. The average Bonchev–Trinajstić information content (AvgIpc) is 3.46. The van der Waals surface area contributed by atoms with Gasteiger partial charge >= 0.3 is 0 Å². The Labute approximate surface area is 187 Å². The van der Waals surface area contributed by atoms with E-state index < -0.39 is 0 Å². The van der Waals surface area contributed by atoms with Crippen molar-refractivity contribution in [3.63, 3.8) is 0 Å². The molecule has 3 aromatic heterocycles. The normalized spacial score (nSPS) is 11.3. The van der Waals surface area contributed by atoms with Crippen molar-refractivity contribution in [3.8, 4) is 22.5 Å². The van der Waals surface area contributed by atoms with Crippen molar-refractivity contribution in [1.82, 2.24) is 40.4 Å². The van der Waals surface area contributed by atoms with Gasteiger partial charge in [0, 0.05) is 12.1 Å². The maximum absolute atomic E-state index is 12.5. The predicted octanol–water partition coefficient (Wildman–Crippen LogP) is 3.44. The molecule has 5 rings (SSSR count). The van der Waals surface area contributed by atoms with E-state index in [4.69, 9.17) is 0 Å². The lowest BCUT2D eigenvalue weighted by Gasteiger charge is -2.10. The minimum absolute atomic E-state index is 0.230. The summed E-state index contributed by atoms with van der Waals surface area (Å²) in [4.78, 5) is 17.2. The number of hydrogen-bond donors (Lipinski definition) is 2. The van der Waals surface area contributed by atoms with Crippen LogP contribution in [0.4, 0.5) is 0 Å². The van der Waals surface area contributed by atoms with Gasteiger partial charge in [0.1, 0.15) is 21.9 Å². The first-order valence-electron chi connectivity index (χ1n) is 10.2. The first-order valence-corrected chi connectivity index (χ1v) is 11.1. The number of aromatic nitrogens is 8. The lowest BCUT2D eigenvalue weighted by molar-refractivity contribution is 0.779. The molecule has 0 spiro atoms. The molecule has 160 valence electrons. The van der Waals surface area contributed by atoms with Crippen LogP contribution in [0.3, 0.4) is 0 Å². The Morgan fingerprint density at radius 2 is 1.81 bits per heavy atom. The van der Waals surface area contributed by atoms with Crippen molar-refractivity contribution < 1.29 is 0 Å². The largest absolute Gasteiger partial charge is 0.319 e. The molecule has 0 aliphatic rings. The van der Waals surface area contributed by atoms with E-state index in [0.717, 1.165) is 38.9 Å². The Morgan fingerprint density at radius 3 is 2.53 bits per heavy atom. The first-order chi connectivity index (χ1) is 15.7. The van der Waals surface area contributed by atoms with Gasteiger partial charge in [0.25, 0.3) is 5.56 Å². The summed E-state index contributed by atoms with van der Waals surface area (Å²) < 4.78 is 1.94. The lowest BCUT2D eigenvalue weighted by atomic mass is 9.98. The van der Waals surface area contributed by atoms with E-state index in [1.54, 1.807) is 11.8 Å². The second-order valence-electron chi connectivity index (χ2n) is 7.21. The van der Waals surface area contributed by atoms with Gasteiger partial charge in [0.2, 0.25) is 5.82 Å². The maximum Gasteiger partial charge on any atom is 0.290 e. The lowest BCUT2D eigenvalue weighted by Crippen LogP contribution is -2.14. The van der Waals surface area contributed by atoms with Gasteiger partial charge in [0.05, 0.1) is 0 Å². The van der Waals surface area contributed by atoms with Crippen LogP contribution >= 0.6 is 11.8 Å². The number of aromatic amines is 2. The number of H-pyrrole nitrogens is 2. The molecular formula is C22H20N8OS. The van der Waals surface area contributed by atoms with Gasteiger partial charge in [-0.1, -0.05) is 55.5 Å². The summed E-state index contributed by atoms with van der Waals surface area (Å²) in [6.45, 7) is 4.50. The van der Waals surface area contributed by atoms with Gasteiger partial charge in [-0.05, 0) is 34.6 Å². The number of nitrogens with one attached hydrogen (secondary N) is 2. The van der Waals surface area contributed by atoms with Crippen LogP contribution in [0, 0.1) is 6.92 Å². The molecule has 0 bridgehead atoms. The third kappa shape index (κ3) is 3.58. The third-order valence-corrected chi connectivity index (χ3v) is 6.08. The van der Waals surface area contributed by atoms with E-state index in [9.17, 15) is 4.79 Å². The summed E-state index contributed by atoms with van der Waals surface area (Å²) in [6, 6.07) is 16.2. The fourth-order valence-corrected chi connectivity index (χ4v) is 4.42. The summed E-state index contributed by atoms with van der Waals surface area (Å²) >= 11 is 1.57. The van der Waals surface area contributed by atoms with Gasteiger partial charge in [-0.25, -0.2) is 10.1 Å². The van der Waals surface area contributed by atoms with Crippen LogP contribution in [0.25, 0.3) is 33.5 Å². The highest BCUT2D eigenvalue weighted by Gasteiger charge is 2.17. The quantitative estimate of drug-likeness (QED) is 0.385. The van der Waals surface area contributed by atoms with Crippen molar-refractivity contribution in [2.75, 3.05) is 5.75 Å². The van der Waals surface area contributed by atoms with Crippen LogP contribution in [-0.4, -0.2) is 46.1 Å². The summed E-state index contributed by atoms with van der Waals surface area (Å²) in [5.41, 5.74) is 5.02. The summed E-state index contributed by atoms with van der Waals surface area (Å²) in [5.74, 6) is 2.19. The third-order valence-electron chi connectivity index (χ3n) is 5.24. The number of hydrogen-bond acceptors (Lipinski definition) is 7. The van der Waals surface area contributed by atoms with Gasteiger partial charge in [-0.15, -0.1) is 22.0 Å². The highest BCUT2D eigenvalue weighted by Crippen LogP contribution is 2.30. The molecule has 3 heterocycles. The minimum Gasteiger partial charge on any atom is -0.319 e. The van der Waals surface area contributed by atoms with E-state index in [0.29, 0.717) is 23.4 Å². The van der Waals surface area contributed by atoms with E-state index >= 15 is 0 Å². The van der Waals surface area contributed by atoms with E-state index in [2.05, 4.69) is 60.1 Å². The number of nitrogens with zero attached hydrogens (tertiary/aromatic N) is 6. The standard InChI is InChI=1S/C22H20N8OS/c1-3-32-22-18-19(21(31)26-27-22)30(13(2)23-18)12-14-8-10-15(11-9-14)16-6-4-5-7-17(16)20-24-28-29-25-20/h4-11H,3,12H2,1-2H3,(H,26,31)(H,24,25,28,29). The van der Waals surface area contributed by atoms with Crippen LogP contribution in [-0.2, 0) is 6.54 Å². The molecule has 0 saturated heterocycles. The zero-order valence-corrected chi connectivity index (χ0v) is 18.3. The van der Waals surface area contributed by atoms with Crippen molar-refractivity contribution in [1.29, 1.82) is 0 Å². The number of fused-ring (bicyclic) bond motifs is 1. The molecule has 0 unspecified atom stereocenters. The van der Waals surface area contributed by atoms with Crippen LogP contribution < -0.4 is 5.56 Å². The molecule has 2 aromatic carbocycles. The number of tetrazole rings is 1. The minimum atomic E-state index is -0.230. The molecule has 5 aromatic rings. The SMILES string of the molecule is CCSc1n[nH]c(=O)c2c1nc(C)n2Cc1ccc(-c2ccccc2-c2nn[nH]n2)cc1. The number of rotatable bonds is 6. The molecule has 0 aliphatic carbocycles. The van der Waals surface area contributed by atoms with Crippen LogP contribution in [0.15, 0.2) is 58.4 Å². The molecule has 10 heteroatoms. The topological polar surface area (TPSA) is 118 Å². The van der Waals surface area contributed by atoms with Gasteiger partial charge in [-0.3, -0.25) is 4.79 Å². The zero-order chi connectivity index (χ0) is 22.1. The molecule has 32 heavy (non-hydrogen) atoms. The van der Waals surface area contributed by atoms with Crippen molar-refractivity contribution in [3.05, 3.63) is 70.3 Å². The second-order valence-corrected chi connectivity index (χ2v) is 8.46. The van der Waals surface area contributed by atoms with Crippen molar-refractivity contribution in [2.45, 2.75) is 25.4 Å². The molecule has 0 radical (unpaired) electrons.